The molecule has 0 atom stereocenters. The highest BCUT2D eigenvalue weighted by Crippen LogP contribution is 2.27. The van der Waals surface area contributed by atoms with Crippen LogP contribution in [0.3, 0.4) is 0 Å². The molecule has 0 bridgehead atoms. The standard InChI is InChI=1S/C10H15BrN2O/c1-6-8(10(2,3)4)9(13-12-6)7(14)5-11/h5H2,1-4H3,(H,12,13). The first kappa shape index (κ1) is 11.4. The third kappa shape index (κ3) is 2.05. The Balaban J connectivity index is 3.27. The van der Waals surface area contributed by atoms with E-state index in [1.165, 1.54) is 0 Å². The van der Waals surface area contributed by atoms with Crippen molar-refractivity contribution in [2.24, 2.45) is 0 Å². The van der Waals surface area contributed by atoms with Gasteiger partial charge in [0.15, 0.2) is 5.78 Å². The third-order valence-electron chi connectivity index (χ3n) is 2.08. The highest BCUT2D eigenvalue weighted by Gasteiger charge is 2.26. The van der Waals surface area contributed by atoms with Gasteiger partial charge >= 0.3 is 0 Å². The number of aryl methyl sites for hydroxylation is 1. The minimum atomic E-state index is -0.0513. The number of halogens is 1. The van der Waals surface area contributed by atoms with Crippen molar-refractivity contribution in [3.8, 4) is 0 Å². The van der Waals surface area contributed by atoms with E-state index in [1.54, 1.807) is 0 Å². The quantitative estimate of drug-likeness (QED) is 0.655. The van der Waals surface area contributed by atoms with Crippen molar-refractivity contribution >= 4 is 21.7 Å². The third-order valence-corrected chi connectivity index (χ3v) is 2.59. The minimum absolute atomic E-state index is 0.0271. The Morgan fingerprint density at radius 1 is 1.50 bits per heavy atom. The summed E-state index contributed by atoms with van der Waals surface area (Å²) in [5.74, 6) is 0.0271. The molecule has 0 spiro atoms. The summed E-state index contributed by atoms with van der Waals surface area (Å²) in [5, 5.41) is 7.24. The lowest BCUT2D eigenvalue weighted by molar-refractivity contribution is 0.101. The summed E-state index contributed by atoms with van der Waals surface area (Å²) in [7, 11) is 0. The first-order valence-electron chi connectivity index (χ1n) is 4.52. The van der Waals surface area contributed by atoms with Crippen LogP contribution in [0.5, 0.6) is 0 Å². The van der Waals surface area contributed by atoms with Crippen molar-refractivity contribution in [1.82, 2.24) is 10.2 Å². The van der Waals surface area contributed by atoms with Gasteiger partial charge in [0.2, 0.25) is 0 Å². The van der Waals surface area contributed by atoms with Crippen LogP contribution in [0.15, 0.2) is 0 Å². The van der Waals surface area contributed by atoms with E-state index in [1.807, 2.05) is 6.92 Å². The maximum Gasteiger partial charge on any atom is 0.193 e. The van der Waals surface area contributed by atoms with Crippen molar-refractivity contribution in [2.45, 2.75) is 33.1 Å². The summed E-state index contributed by atoms with van der Waals surface area (Å²) < 4.78 is 0. The van der Waals surface area contributed by atoms with E-state index in [0.717, 1.165) is 11.3 Å². The summed E-state index contributed by atoms with van der Waals surface area (Å²) >= 11 is 3.16. The molecular weight excluding hydrogens is 244 g/mol. The molecule has 0 aliphatic heterocycles. The molecular formula is C10H15BrN2O. The number of aromatic nitrogens is 2. The van der Waals surface area contributed by atoms with Gasteiger partial charge in [0, 0.05) is 11.3 Å². The molecule has 1 N–H and O–H groups in total. The molecule has 1 heterocycles. The summed E-state index contributed by atoms with van der Waals surface area (Å²) in [4.78, 5) is 11.6. The van der Waals surface area contributed by atoms with Crippen LogP contribution >= 0.6 is 15.9 Å². The number of carbonyl (C=O) groups is 1. The molecule has 0 unspecified atom stereocenters. The van der Waals surface area contributed by atoms with Crippen molar-refractivity contribution in [1.29, 1.82) is 0 Å². The first-order chi connectivity index (χ1) is 6.38. The largest absolute Gasteiger partial charge is 0.291 e. The van der Waals surface area contributed by atoms with E-state index in [4.69, 9.17) is 0 Å². The smallest absolute Gasteiger partial charge is 0.193 e. The Hall–Kier alpha value is -0.640. The molecule has 4 heteroatoms. The Morgan fingerprint density at radius 3 is 2.50 bits per heavy atom. The monoisotopic (exact) mass is 258 g/mol. The van der Waals surface area contributed by atoms with E-state index < -0.39 is 0 Å². The van der Waals surface area contributed by atoms with Gasteiger partial charge in [-0.2, -0.15) is 5.10 Å². The van der Waals surface area contributed by atoms with Crippen LogP contribution < -0.4 is 0 Å². The van der Waals surface area contributed by atoms with Gasteiger partial charge in [0.1, 0.15) is 5.69 Å². The molecule has 1 aromatic heterocycles. The molecule has 1 rings (SSSR count). The highest BCUT2D eigenvalue weighted by atomic mass is 79.9. The number of rotatable bonds is 2. The average molecular weight is 259 g/mol. The molecule has 0 aliphatic carbocycles. The zero-order chi connectivity index (χ0) is 10.9. The second kappa shape index (κ2) is 3.85. The van der Waals surface area contributed by atoms with Crippen molar-refractivity contribution < 1.29 is 4.79 Å². The number of aromatic amines is 1. The van der Waals surface area contributed by atoms with Gasteiger partial charge in [0.05, 0.1) is 5.33 Å². The lowest BCUT2D eigenvalue weighted by Gasteiger charge is -2.19. The number of H-pyrrole nitrogens is 1. The number of hydrogen-bond acceptors (Lipinski definition) is 2. The molecule has 0 saturated heterocycles. The van der Waals surface area contributed by atoms with Crippen LogP contribution in [-0.4, -0.2) is 21.3 Å². The molecule has 78 valence electrons. The molecule has 0 amide bonds. The fourth-order valence-electron chi connectivity index (χ4n) is 1.61. The van der Waals surface area contributed by atoms with Gasteiger partial charge in [-0.3, -0.25) is 9.89 Å². The number of carbonyl (C=O) groups excluding carboxylic acids is 1. The van der Waals surface area contributed by atoms with Crippen LogP contribution in [0.1, 0.15) is 42.5 Å². The molecule has 0 radical (unpaired) electrons. The topological polar surface area (TPSA) is 45.8 Å². The molecule has 0 aromatic carbocycles. The Kier molecular flexibility index (Phi) is 3.14. The lowest BCUT2D eigenvalue weighted by atomic mass is 9.84. The molecule has 0 saturated carbocycles. The van der Waals surface area contributed by atoms with Crippen LogP contribution in [0.2, 0.25) is 0 Å². The second-order valence-corrected chi connectivity index (χ2v) is 4.94. The van der Waals surface area contributed by atoms with E-state index in [9.17, 15) is 4.79 Å². The van der Waals surface area contributed by atoms with Gasteiger partial charge in [-0.05, 0) is 12.3 Å². The van der Waals surface area contributed by atoms with E-state index in [0.29, 0.717) is 11.0 Å². The Bertz CT molecular complexity index is 349. The summed E-state index contributed by atoms with van der Waals surface area (Å²) in [6, 6.07) is 0. The molecule has 14 heavy (non-hydrogen) atoms. The Morgan fingerprint density at radius 2 is 2.07 bits per heavy atom. The van der Waals surface area contributed by atoms with Gasteiger partial charge in [-0.1, -0.05) is 36.7 Å². The van der Waals surface area contributed by atoms with Gasteiger partial charge in [-0.25, -0.2) is 0 Å². The van der Waals surface area contributed by atoms with Gasteiger partial charge < -0.3 is 0 Å². The van der Waals surface area contributed by atoms with Gasteiger partial charge in [-0.15, -0.1) is 0 Å². The number of nitrogens with one attached hydrogen (secondary N) is 1. The normalized spacial score (nSPS) is 11.8. The minimum Gasteiger partial charge on any atom is -0.291 e. The van der Waals surface area contributed by atoms with E-state index in [-0.39, 0.29) is 11.2 Å². The summed E-state index contributed by atoms with van der Waals surface area (Å²) in [6.07, 6.45) is 0. The van der Waals surface area contributed by atoms with Crippen molar-refractivity contribution in [3.63, 3.8) is 0 Å². The summed E-state index contributed by atoms with van der Waals surface area (Å²) in [5.41, 5.74) is 2.50. The van der Waals surface area contributed by atoms with E-state index >= 15 is 0 Å². The molecule has 0 aliphatic rings. The first-order valence-corrected chi connectivity index (χ1v) is 5.64. The molecule has 3 nitrogen and oxygen atoms in total. The predicted molar refractivity (Wildman–Crippen MR) is 60.1 cm³/mol. The maximum atomic E-state index is 11.6. The summed E-state index contributed by atoms with van der Waals surface area (Å²) in [6.45, 7) is 8.18. The fraction of sp³-hybridized carbons (Fsp3) is 0.600. The number of ketones is 1. The van der Waals surface area contributed by atoms with E-state index in [2.05, 4.69) is 46.9 Å². The number of alkyl halides is 1. The zero-order valence-electron chi connectivity index (χ0n) is 8.94. The zero-order valence-corrected chi connectivity index (χ0v) is 10.5. The van der Waals surface area contributed by atoms with Crippen molar-refractivity contribution in [3.05, 3.63) is 17.0 Å². The van der Waals surface area contributed by atoms with Crippen LogP contribution in [0, 0.1) is 6.92 Å². The molecule has 1 aromatic rings. The fourth-order valence-corrected chi connectivity index (χ4v) is 1.88. The SMILES string of the molecule is Cc1[nH]nc(C(=O)CBr)c1C(C)(C)C. The van der Waals surface area contributed by atoms with Crippen LogP contribution in [0.4, 0.5) is 0 Å². The average Bonchev–Trinajstić information content (AvgIpc) is 2.44. The number of Topliss-reactive ketones (excluding diaryl/α,β-unsaturated/α-hetero) is 1. The highest BCUT2D eigenvalue weighted by molar-refractivity contribution is 9.09. The predicted octanol–water partition coefficient (Wildman–Crippen LogP) is 2.59. The number of hydrogen-bond donors (Lipinski definition) is 1. The Labute approximate surface area is 92.4 Å². The number of nitrogens with zero attached hydrogens (tertiary/aromatic N) is 1. The lowest BCUT2D eigenvalue weighted by Crippen LogP contribution is -2.17. The maximum absolute atomic E-state index is 11.6. The van der Waals surface area contributed by atoms with Crippen molar-refractivity contribution in [2.75, 3.05) is 5.33 Å². The van der Waals surface area contributed by atoms with Crippen LogP contribution in [0.25, 0.3) is 0 Å². The van der Waals surface area contributed by atoms with Crippen LogP contribution in [-0.2, 0) is 5.41 Å². The molecule has 0 fully saturated rings. The van der Waals surface area contributed by atoms with Gasteiger partial charge in [0.25, 0.3) is 0 Å². The second-order valence-electron chi connectivity index (χ2n) is 4.38.